The van der Waals surface area contributed by atoms with E-state index in [0.717, 1.165) is 0 Å². The van der Waals surface area contributed by atoms with E-state index in [2.05, 4.69) is 5.32 Å². The third kappa shape index (κ3) is 3.92. The lowest BCUT2D eigenvalue weighted by Crippen LogP contribution is -2.56. The lowest BCUT2D eigenvalue weighted by Gasteiger charge is -2.34. The zero-order chi connectivity index (χ0) is 12.3. The van der Waals surface area contributed by atoms with E-state index in [1.54, 1.807) is 20.8 Å². The summed E-state index contributed by atoms with van der Waals surface area (Å²) in [5.41, 5.74) is -0.595. The Labute approximate surface area is 93.9 Å². The predicted molar refractivity (Wildman–Crippen MR) is 55.6 cm³/mol. The molecule has 4 nitrogen and oxygen atoms in total. The van der Waals surface area contributed by atoms with E-state index in [1.165, 1.54) is 4.90 Å². The van der Waals surface area contributed by atoms with Gasteiger partial charge in [-0.15, -0.1) is 0 Å². The smallest absolute Gasteiger partial charge is 0.410 e. The minimum atomic E-state index is -2.47. The van der Waals surface area contributed by atoms with E-state index < -0.39 is 24.2 Å². The van der Waals surface area contributed by atoms with Crippen LogP contribution in [-0.2, 0) is 4.74 Å². The Morgan fingerprint density at radius 2 is 2.12 bits per heavy atom. The molecule has 6 heteroatoms. The maximum absolute atomic E-state index is 12.5. The van der Waals surface area contributed by atoms with Crippen molar-refractivity contribution in [1.82, 2.24) is 10.2 Å². The van der Waals surface area contributed by atoms with Gasteiger partial charge in [-0.2, -0.15) is 0 Å². The molecule has 1 aliphatic heterocycles. The molecular formula is C10H18F2N2O2. The van der Waals surface area contributed by atoms with Crippen LogP contribution in [0.25, 0.3) is 0 Å². The molecule has 1 aliphatic rings. The van der Waals surface area contributed by atoms with Crippen molar-refractivity contribution in [1.29, 1.82) is 0 Å². The number of amides is 1. The largest absolute Gasteiger partial charge is 0.444 e. The number of piperazine rings is 1. The zero-order valence-corrected chi connectivity index (χ0v) is 9.80. The molecule has 1 fully saturated rings. The molecule has 0 aromatic carbocycles. The van der Waals surface area contributed by atoms with Gasteiger partial charge >= 0.3 is 6.09 Å². The van der Waals surface area contributed by atoms with Crippen molar-refractivity contribution in [3.8, 4) is 0 Å². The van der Waals surface area contributed by atoms with Crippen LogP contribution >= 0.6 is 0 Å². The Kier molecular flexibility index (Phi) is 4.07. The average Bonchev–Trinajstić information content (AvgIpc) is 2.15. The number of ether oxygens (including phenoxy) is 1. The lowest BCUT2D eigenvalue weighted by molar-refractivity contribution is 0.00697. The van der Waals surface area contributed by atoms with Crippen LogP contribution in [0, 0.1) is 0 Å². The number of nitrogens with zero attached hydrogens (tertiary/aromatic N) is 1. The molecule has 1 rings (SSSR count). The summed E-state index contributed by atoms with van der Waals surface area (Å²) >= 11 is 0. The number of carbonyl (C=O) groups is 1. The van der Waals surface area contributed by atoms with Crippen molar-refractivity contribution in [3.63, 3.8) is 0 Å². The van der Waals surface area contributed by atoms with Crippen molar-refractivity contribution >= 4 is 6.09 Å². The average molecular weight is 236 g/mol. The van der Waals surface area contributed by atoms with Crippen molar-refractivity contribution in [2.24, 2.45) is 0 Å². The third-order valence-corrected chi connectivity index (χ3v) is 2.16. The fourth-order valence-electron chi connectivity index (χ4n) is 1.44. The molecule has 0 aromatic heterocycles. The Morgan fingerprint density at radius 3 is 2.62 bits per heavy atom. The van der Waals surface area contributed by atoms with Gasteiger partial charge in [0, 0.05) is 19.6 Å². The summed E-state index contributed by atoms with van der Waals surface area (Å²) in [6, 6.07) is -0.957. The van der Waals surface area contributed by atoms with E-state index in [9.17, 15) is 13.6 Å². The van der Waals surface area contributed by atoms with Gasteiger partial charge in [0.05, 0.1) is 6.04 Å². The highest BCUT2D eigenvalue weighted by atomic mass is 19.3. The van der Waals surface area contributed by atoms with Crippen molar-refractivity contribution in [3.05, 3.63) is 0 Å². The quantitative estimate of drug-likeness (QED) is 0.749. The van der Waals surface area contributed by atoms with Crippen molar-refractivity contribution in [2.45, 2.75) is 38.8 Å². The predicted octanol–water partition coefficient (Wildman–Crippen LogP) is 1.46. The fourth-order valence-corrected chi connectivity index (χ4v) is 1.44. The van der Waals surface area contributed by atoms with Crippen LogP contribution in [-0.4, -0.2) is 48.7 Å². The van der Waals surface area contributed by atoms with Crippen LogP contribution in [0.5, 0.6) is 0 Å². The standard InChI is InChI=1S/C10H18F2N2O2/c1-10(2,3)16-9(15)14-5-4-13-7(6-14)8(11)12/h7-8,13H,4-6H2,1-3H3/t7-/m0/s1. The number of hydrogen-bond donors (Lipinski definition) is 1. The van der Waals surface area contributed by atoms with E-state index in [4.69, 9.17) is 4.74 Å². The lowest BCUT2D eigenvalue weighted by atomic mass is 10.2. The molecule has 0 saturated carbocycles. The Bertz CT molecular complexity index is 254. The van der Waals surface area contributed by atoms with E-state index in [-0.39, 0.29) is 6.54 Å². The van der Waals surface area contributed by atoms with Gasteiger partial charge in [0.15, 0.2) is 0 Å². The van der Waals surface area contributed by atoms with Crippen LogP contribution in [0.4, 0.5) is 13.6 Å². The van der Waals surface area contributed by atoms with E-state index >= 15 is 0 Å². The van der Waals surface area contributed by atoms with Gasteiger partial charge in [-0.25, -0.2) is 13.6 Å². The van der Waals surface area contributed by atoms with Crippen LogP contribution in [0.1, 0.15) is 20.8 Å². The number of halogens is 2. The SMILES string of the molecule is CC(C)(C)OC(=O)N1CCN[C@H](C(F)F)C1. The molecule has 1 heterocycles. The molecule has 94 valence electrons. The fraction of sp³-hybridized carbons (Fsp3) is 0.900. The molecule has 0 radical (unpaired) electrons. The van der Waals surface area contributed by atoms with Gasteiger partial charge in [0.1, 0.15) is 5.60 Å². The van der Waals surface area contributed by atoms with Crippen LogP contribution in [0.3, 0.4) is 0 Å². The van der Waals surface area contributed by atoms with E-state index in [0.29, 0.717) is 13.1 Å². The van der Waals surface area contributed by atoms with Crippen LogP contribution in [0.2, 0.25) is 0 Å². The normalized spacial score (nSPS) is 22.4. The second kappa shape index (κ2) is 4.95. The van der Waals surface area contributed by atoms with Crippen LogP contribution < -0.4 is 5.32 Å². The monoisotopic (exact) mass is 236 g/mol. The maximum atomic E-state index is 12.5. The second-order valence-electron chi connectivity index (χ2n) is 4.82. The van der Waals surface area contributed by atoms with Gasteiger partial charge in [-0.3, -0.25) is 0 Å². The maximum Gasteiger partial charge on any atom is 0.410 e. The van der Waals surface area contributed by atoms with Gasteiger partial charge in [-0.05, 0) is 20.8 Å². The summed E-state index contributed by atoms with van der Waals surface area (Å²) in [4.78, 5) is 12.9. The first kappa shape index (κ1) is 13.2. The first-order valence-corrected chi connectivity index (χ1v) is 5.29. The van der Waals surface area contributed by atoms with E-state index in [1.807, 2.05) is 0 Å². The second-order valence-corrected chi connectivity index (χ2v) is 4.82. The first-order valence-electron chi connectivity index (χ1n) is 5.29. The molecule has 1 N–H and O–H groups in total. The van der Waals surface area contributed by atoms with Gasteiger partial charge in [0.2, 0.25) is 0 Å². The Balaban J connectivity index is 2.50. The topological polar surface area (TPSA) is 41.6 Å². The number of nitrogens with one attached hydrogen (secondary N) is 1. The number of carbonyl (C=O) groups excluding carboxylic acids is 1. The molecule has 1 saturated heterocycles. The Hall–Kier alpha value is -0.910. The van der Waals surface area contributed by atoms with Gasteiger partial charge in [-0.1, -0.05) is 0 Å². The Morgan fingerprint density at radius 1 is 1.50 bits per heavy atom. The summed E-state index contributed by atoms with van der Waals surface area (Å²) in [6.07, 6.45) is -3.00. The van der Waals surface area contributed by atoms with Crippen LogP contribution in [0.15, 0.2) is 0 Å². The molecular weight excluding hydrogens is 218 g/mol. The molecule has 16 heavy (non-hydrogen) atoms. The molecule has 1 amide bonds. The number of alkyl halides is 2. The minimum Gasteiger partial charge on any atom is -0.444 e. The first-order chi connectivity index (χ1) is 7.29. The summed E-state index contributed by atoms with van der Waals surface area (Å²) in [5.74, 6) is 0. The van der Waals surface area contributed by atoms with Gasteiger partial charge < -0.3 is 15.0 Å². The third-order valence-electron chi connectivity index (χ3n) is 2.16. The zero-order valence-electron chi connectivity index (χ0n) is 9.80. The molecule has 0 bridgehead atoms. The van der Waals surface area contributed by atoms with Crippen molar-refractivity contribution in [2.75, 3.05) is 19.6 Å². The molecule has 1 atom stereocenters. The summed E-state index contributed by atoms with van der Waals surface area (Å²) in [5, 5.41) is 2.67. The molecule has 0 spiro atoms. The molecule has 0 unspecified atom stereocenters. The van der Waals surface area contributed by atoms with Crippen molar-refractivity contribution < 1.29 is 18.3 Å². The number of rotatable bonds is 1. The van der Waals surface area contributed by atoms with Gasteiger partial charge in [0.25, 0.3) is 6.43 Å². The summed E-state index contributed by atoms with van der Waals surface area (Å²) in [6.45, 7) is 6.01. The number of hydrogen-bond acceptors (Lipinski definition) is 3. The molecule has 0 aromatic rings. The highest BCUT2D eigenvalue weighted by Crippen LogP contribution is 2.13. The summed E-state index contributed by atoms with van der Waals surface area (Å²) in [7, 11) is 0. The highest BCUT2D eigenvalue weighted by molar-refractivity contribution is 5.68. The molecule has 0 aliphatic carbocycles. The minimum absolute atomic E-state index is 0.00736. The summed E-state index contributed by atoms with van der Waals surface area (Å²) < 4.78 is 30.0. The highest BCUT2D eigenvalue weighted by Gasteiger charge is 2.31.